The zero-order valence-corrected chi connectivity index (χ0v) is 17.6. The Balaban J connectivity index is 1.73. The molecule has 0 aliphatic heterocycles. The van der Waals surface area contributed by atoms with Crippen LogP contribution in [0.1, 0.15) is 35.7 Å². The molecule has 0 saturated heterocycles. The zero-order valence-electron chi connectivity index (χ0n) is 17.6. The fourth-order valence-corrected chi connectivity index (χ4v) is 3.96. The van der Waals surface area contributed by atoms with Gasteiger partial charge in [0.1, 0.15) is 6.73 Å². The van der Waals surface area contributed by atoms with Gasteiger partial charge >= 0.3 is 5.69 Å². The summed E-state index contributed by atoms with van der Waals surface area (Å²) in [4.78, 5) is 27.9. The second-order valence-corrected chi connectivity index (χ2v) is 7.64. The van der Waals surface area contributed by atoms with E-state index in [1.165, 1.54) is 0 Å². The van der Waals surface area contributed by atoms with E-state index in [0.717, 1.165) is 34.0 Å². The smallest absolute Gasteiger partial charge is 0.330 e. The topological polar surface area (TPSA) is 64.1 Å². The summed E-state index contributed by atoms with van der Waals surface area (Å²) in [6.07, 6.45) is 1.91. The van der Waals surface area contributed by atoms with Crippen molar-refractivity contribution >= 4 is 10.8 Å². The molecule has 158 valence electrons. The van der Waals surface area contributed by atoms with Gasteiger partial charge in [0.25, 0.3) is 5.56 Å². The lowest BCUT2D eigenvalue weighted by atomic mass is 9.98. The molecule has 0 bridgehead atoms. The molecule has 0 atom stereocenters. The molecule has 3 aromatic carbocycles. The number of ether oxygens (including phenoxy) is 1. The second-order valence-electron chi connectivity index (χ2n) is 7.64. The van der Waals surface area contributed by atoms with E-state index in [4.69, 9.17) is 4.74 Å². The van der Waals surface area contributed by atoms with Gasteiger partial charge in [-0.15, -0.1) is 0 Å². The average molecular weight is 415 g/mol. The summed E-state index contributed by atoms with van der Waals surface area (Å²) in [6.45, 7) is 2.51. The maximum Gasteiger partial charge on any atom is 0.330 e. The van der Waals surface area contributed by atoms with Crippen LogP contribution in [0.15, 0.2) is 82.4 Å². The number of H-pyrrole nitrogens is 1. The lowest BCUT2D eigenvalue weighted by Gasteiger charge is -2.17. The number of rotatable bonds is 8. The molecule has 1 N–H and O–H groups in total. The van der Waals surface area contributed by atoms with Crippen LogP contribution in [0.2, 0.25) is 0 Å². The Labute approximate surface area is 181 Å². The van der Waals surface area contributed by atoms with Gasteiger partial charge in [0.15, 0.2) is 0 Å². The van der Waals surface area contributed by atoms with E-state index in [9.17, 15) is 9.59 Å². The highest BCUT2D eigenvalue weighted by molar-refractivity contribution is 5.85. The number of benzene rings is 3. The average Bonchev–Trinajstić information content (AvgIpc) is 2.79. The Hall–Kier alpha value is -3.44. The number of hydrogen-bond acceptors (Lipinski definition) is 3. The molecule has 0 unspecified atom stereocenters. The Bertz CT molecular complexity index is 1280. The monoisotopic (exact) mass is 414 g/mol. The molecule has 4 aromatic rings. The SMILES string of the molecule is CCCc1c(Cc2cccc3ccccc23)n(COCc2ccccc2)c(=O)[nH]c1=O. The molecule has 1 heterocycles. The van der Waals surface area contributed by atoms with Crippen LogP contribution in [0.5, 0.6) is 0 Å². The number of nitrogens with one attached hydrogen (secondary N) is 1. The normalized spacial score (nSPS) is 11.1. The quantitative estimate of drug-likeness (QED) is 0.465. The fraction of sp³-hybridized carbons (Fsp3) is 0.231. The van der Waals surface area contributed by atoms with E-state index in [1.54, 1.807) is 4.57 Å². The van der Waals surface area contributed by atoms with Crippen LogP contribution in [0.25, 0.3) is 10.8 Å². The fourth-order valence-electron chi connectivity index (χ4n) is 3.96. The van der Waals surface area contributed by atoms with Gasteiger partial charge in [-0.1, -0.05) is 86.1 Å². The largest absolute Gasteiger partial charge is 0.356 e. The minimum atomic E-state index is -0.437. The molecule has 5 heteroatoms. The van der Waals surface area contributed by atoms with E-state index in [2.05, 4.69) is 29.2 Å². The third kappa shape index (κ3) is 4.67. The molecular formula is C26H26N2O3. The van der Waals surface area contributed by atoms with Gasteiger partial charge in [0.2, 0.25) is 0 Å². The van der Waals surface area contributed by atoms with Crippen molar-refractivity contribution in [2.24, 2.45) is 0 Å². The van der Waals surface area contributed by atoms with Crippen molar-refractivity contribution in [3.05, 3.63) is 116 Å². The summed E-state index contributed by atoms with van der Waals surface area (Å²) in [6, 6.07) is 24.1. The molecule has 1 aromatic heterocycles. The summed E-state index contributed by atoms with van der Waals surface area (Å²) in [7, 11) is 0. The van der Waals surface area contributed by atoms with Gasteiger partial charge < -0.3 is 4.74 Å². The molecular weight excluding hydrogens is 388 g/mol. The molecule has 0 aliphatic rings. The molecule has 5 nitrogen and oxygen atoms in total. The van der Waals surface area contributed by atoms with Gasteiger partial charge in [-0.3, -0.25) is 14.3 Å². The number of fused-ring (bicyclic) bond motifs is 1. The zero-order chi connectivity index (χ0) is 21.6. The molecule has 0 aliphatic carbocycles. The molecule has 0 fully saturated rings. The summed E-state index contributed by atoms with van der Waals surface area (Å²) in [5, 5.41) is 2.26. The first-order valence-electron chi connectivity index (χ1n) is 10.6. The van der Waals surface area contributed by atoms with Gasteiger partial charge in [-0.05, 0) is 28.3 Å². The predicted molar refractivity (Wildman–Crippen MR) is 123 cm³/mol. The number of nitrogens with zero attached hydrogens (tertiary/aromatic N) is 1. The molecule has 0 amide bonds. The van der Waals surface area contributed by atoms with Crippen LogP contribution in [0, 0.1) is 0 Å². The highest BCUT2D eigenvalue weighted by Crippen LogP contribution is 2.22. The lowest BCUT2D eigenvalue weighted by molar-refractivity contribution is 0.0589. The lowest BCUT2D eigenvalue weighted by Crippen LogP contribution is -2.36. The minimum Gasteiger partial charge on any atom is -0.356 e. The Morgan fingerprint density at radius 2 is 1.65 bits per heavy atom. The van der Waals surface area contributed by atoms with Crippen LogP contribution >= 0.6 is 0 Å². The van der Waals surface area contributed by atoms with Crippen molar-refractivity contribution < 1.29 is 4.74 Å². The maximum atomic E-state index is 12.7. The van der Waals surface area contributed by atoms with Gasteiger partial charge in [-0.25, -0.2) is 4.79 Å². The highest BCUT2D eigenvalue weighted by Gasteiger charge is 2.16. The van der Waals surface area contributed by atoms with E-state index in [-0.39, 0.29) is 12.3 Å². The Morgan fingerprint density at radius 3 is 2.45 bits per heavy atom. The summed E-state index contributed by atoms with van der Waals surface area (Å²) >= 11 is 0. The molecule has 0 radical (unpaired) electrons. The van der Waals surface area contributed by atoms with Crippen molar-refractivity contribution in [2.75, 3.05) is 0 Å². The van der Waals surface area contributed by atoms with E-state index in [1.807, 2.05) is 55.5 Å². The van der Waals surface area contributed by atoms with Crippen LogP contribution in [-0.2, 0) is 30.9 Å². The number of hydrogen-bond donors (Lipinski definition) is 1. The number of aromatic amines is 1. The summed E-state index contributed by atoms with van der Waals surface area (Å²) in [5.74, 6) is 0. The third-order valence-corrected chi connectivity index (χ3v) is 5.48. The van der Waals surface area contributed by atoms with E-state index >= 15 is 0 Å². The van der Waals surface area contributed by atoms with E-state index in [0.29, 0.717) is 25.0 Å². The highest BCUT2D eigenvalue weighted by atomic mass is 16.5. The Kier molecular flexibility index (Phi) is 6.43. The number of aromatic nitrogens is 2. The standard InChI is InChI=1S/C26H26N2O3/c1-2-9-23-24(16-21-14-8-13-20-12-6-7-15-22(20)21)28(26(30)27-25(23)29)18-31-17-19-10-4-3-5-11-19/h3-8,10-15H,2,9,16-18H2,1H3,(H,27,29,30). The molecule has 0 saturated carbocycles. The first kappa shape index (κ1) is 20.8. The van der Waals surface area contributed by atoms with Crippen molar-refractivity contribution in [1.29, 1.82) is 0 Å². The van der Waals surface area contributed by atoms with Crippen LogP contribution in [-0.4, -0.2) is 9.55 Å². The van der Waals surface area contributed by atoms with Gasteiger partial charge in [0.05, 0.1) is 6.61 Å². The maximum absolute atomic E-state index is 12.7. The van der Waals surface area contributed by atoms with Crippen molar-refractivity contribution in [3.8, 4) is 0 Å². The minimum absolute atomic E-state index is 0.0846. The molecule has 4 rings (SSSR count). The first-order valence-corrected chi connectivity index (χ1v) is 10.6. The molecule has 31 heavy (non-hydrogen) atoms. The van der Waals surface area contributed by atoms with Crippen molar-refractivity contribution in [3.63, 3.8) is 0 Å². The van der Waals surface area contributed by atoms with Crippen molar-refractivity contribution in [2.45, 2.75) is 39.5 Å². The first-order chi connectivity index (χ1) is 15.2. The summed E-state index contributed by atoms with van der Waals surface area (Å²) in [5.41, 5.74) is 2.74. The van der Waals surface area contributed by atoms with Crippen LogP contribution in [0.4, 0.5) is 0 Å². The summed E-state index contributed by atoms with van der Waals surface area (Å²) < 4.78 is 7.43. The van der Waals surface area contributed by atoms with Crippen LogP contribution < -0.4 is 11.2 Å². The van der Waals surface area contributed by atoms with Gasteiger partial charge in [0, 0.05) is 17.7 Å². The molecule has 0 spiro atoms. The Morgan fingerprint density at radius 1 is 0.903 bits per heavy atom. The third-order valence-electron chi connectivity index (χ3n) is 5.48. The predicted octanol–water partition coefficient (Wildman–Crippen LogP) is 4.41. The van der Waals surface area contributed by atoms with Crippen molar-refractivity contribution in [1.82, 2.24) is 9.55 Å². The second kappa shape index (κ2) is 9.58. The van der Waals surface area contributed by atoms with E-state index < -0.39 is 5.69 Å². The van der Waals surface area contributed by atoms with Crippen LogP contribution in [0.3, 0.4) is 0 Å². The van der Waals surface area contributed by atoms with Gasteiger partial charge in [-0.2, -0.15) is 0 Å².